The highest BCUT2D eigenvalue weighted by Gasteiger charge is 2.21. The van der Waals surface area contributed by atoms with Gasteiger partial charge in [-0.25, -0.2) is 8.78 Å². The molecule has 17 heavy (non-hydrogen) atoms. The fourth-order valence-corrected chi connectivity index (χ4v) is 1.97. The van der Waals surface area contributed by atoms with Crippen LogP contribution in [0.3, 0.4) is 0 Å². The lowest BCUT2D eigenvalue weighted by Crippen LogP contribution is -2.19. The van der Waals surface area contributed by atoms with Crippen LogP contribution >= 0.6 is 0 Å². The Morgan fingerprint density at radius 1 is 1.29 bits per heavy atom. The van der Waals surface area contributed by atoms with Gasteiger partial charge in [-0.15, -0.1) is 0 Å². The molecule has 1 aromatic carbocycles. The van der Waals surface area contributed by atoms with E-state index in [0.717, 1.165) is 6.07 Å². The minimum atomic E-state index is -0.605. The molecular weight excluding hydrogens is 224 g/mol. The quantitative estimate of drug-likeness (QED) is 0.687. The van der Waals surface area contributed by atoms with Gasteiger partial charge < -0.3 is 4.90 Å². The lowest BCUT2D eigenvalue weighted by atomic mass is 10.1. The van der Waals surface area contributed by atoms with Crippen molar-refractivity contribution in [2.45, 2.75) is 12.8 Å². The summed E-state index contributed by atoms with van der Waals surface area (Å²) in [6, 6.07) is 2.18. The molecule has 0 saturated heterocycles. The zero-order valence-corrected chi connectivity index (χ0v) is 9.76. The maximum Gasteiger partial charge on any atom is 0.246 e. The van der Waals surface area contributed by atoms with Crippen LogP contribution in [0, 0.1) is 11.6 Å². The van der Waals surface area contributed by atoms with Crippen molar-refractivity contribution in [3.8, 4) is 0 Å². The van der Waals surface area contributed by atoms with Crippen molar-refractivity contribution in [3.05, 3.63) is 41.0 Å². The van der Waals surface area contributed by atoms with Gasteiger partial charge in [-0.2, -0.15) is 0 Å². The van der Waals surface area contributed by atoms with Gasteiger partial charge in [0, 0.05) is 26.2 Å². The van der Waals surface area contributed by atoms with Crippen molar-refractivity contribution in [1.29, 1.82) is 0 Å². The van der Waals surface area contributed by atoms with Gasteiger partial charge >= 0.3 is 0 Å². The van der Waals surface area contributed by atoms with Gasteiger partial charge in [0.2, 0.25) is 5.91 Å². The van der Waals surface area contributed by atoms with E-state index in [1.807, 2.05) is 0 Å². The summed E-state index contributed by atoms with van der Waals surface area (Å²) in [7, 11) is 3.28. The molecule has 0 aromatic heterocycles. The molecule has 0 bridgehead atoms. The number of allylic oxidation sites excluding steroid dienone is 1. The predicted molar refractivity (Wildman–Crippen MR) is 61.4 cm³/mol. The fourth-order valence-electron chi connectivity index (χ4n) is 1.97. The lowest BCUT2D eigenvalue weighted by molar-refractivity contribution is -0.123. The zero-order valence-electron chi connectivity index (χ0n) is 9.76. The third-order valence-corrected chi connectivity index (χ3v) is 2.89. The van der Waals surface area contributed by atoms with Gasteiger partial charge in [0.25, 0.3) is 0 Å². The molecule has 0 N–H and O–H groups in total. The number of nitrogens with zero attached hydrogens (tertiary/aromatic N) is 1. The van der Waals surface area contributed by atoms with E-state index in [1.54, 1.807) is 14.1 Å². The average molecular weight is 237 g/mol. The van der Waals surface area contributed by atoms with Crippen LogP contribution < -0.4 is 0 Å². The number of carbonyl (C=O) groups excluding carboxylic acids is 1. The van der Waals surface area contributed by atoms with E-state index >= 15 is 0 Å². The highest BCUT2D eigenvalue weighted by Crippen LogP contribution is 2.34. The number of amides is 1. The minimum Gasteiger partial charge on any atom is -0.345 e. The molecule has 1 aliphatic rings. The summed E-state index contributed by atoms with van der Waals surface area (Å²) >= 11 is 0. The molecule has 90 valence electrons. The monoisotopic (exact) mass is 237 g/mol. The Balaban J connectivity index is 2.43. The number of fused-ring (bicyclic) bond motifs is 1. The Morgan fingerprint density at radius 3 is 2.65 bits per heavy atom. The Kier molecular flexibility index (Phi) is 2.96. The van der Waals surface area contributed by atoms with Crippen LogP contribution in [0.25, 0.3) is 5.57 Å². The van der Waals surface area contributed by atoms with E-state index in [9.17, 15) is 13.6 Å². The molecule has 4 heteroatoms. The molecule has 0 aliphatic heterocycles. The second-order valence-electron chi connectivity index (χ2n) is 4.32. The number of halogens is 2. The minimum absolute atomic E-state index is 0.169. The smallest absolute Gasteiger partial charge is 0.246 e. The molecule has 0 atom stereocenters. The normalized spacial score (nSPS) is 16.1. The van der Waals surface area contributed by atoms with Crippen LogP contribution in [-0.2, 0) is 11.2 Å². The second-order valence-corrected chi connectivity index (χ2v) is 4.32. The molecule has 0 heterocycles. The van der Waals surface area contributed by atoms with Crippen molar-refractivity contribution >= 4 is 11.5 Å². The molecule has 0 fully saturated rings. The SMILES string of the molecule is CN(C)C(=O)/C=C1\CCc2c(F)cc(F)cc21. The van der Waals surface area contributed by atoms with Gasteiger partial charge in [0.1, 0.15) is 11.6 Å². The molecule has 1 aromatic rings. The van der Waals surface area contributed by atoms with Crippen LogP contribution in [0.15, 0.2) is 18.2 Å². The first-order valence-electron chi connectivity index (χ1n) is 5.39. The third kappa shape index (κ3) is 2.20. The van der Waals surface area contributed by atoms with Gasteiger partial charge in [0.05, 0.1) is 0 Å². The van der Waals surface area contributed by atoms with E-state index in [-0.39, 0.29) is 5.91 Å². The molecule has 2 nitrogen and oxygen atoms in total. The number of rotatable bonds is 1. The maximum absolute atomic E-state index is 13.5. The average Bonchev–Trinajstić information content (AvgIpc) is 2.61. The van der Waals surface area contributed by atoms with E-state index in [4.69, 9.17) is 0 Å². The van der Waals surface area contributed by atoms with E-state index < -0.39 is 11.6 Å². The Morgan fingerprint density at radius 2 is 2.00 bits per heavy atom. The Hall–Kier alpha value is -1.71. The number of benzene rings is 1. The van der Waals surface area contributed by atoms with Crippen LogP contribution in [0.1, 0.15) is 17.5 Å². The van der Waals surface area contributed by atoms with Crippen molar-refractivity contribution in [1.82, 2.24) is 4.90 Å². The first kappa shape index (κ1) is 11.8. The summed E-state index contributed by atoms with van der Waals surface area (Å²) in [5, 5.41) is 0. The molecule has 1 amide bonds. The number of carbonyl (C=O) groups is 1. The molecule has 0 radical (unpaired) electrons. The maximum atomic E-state index is 13.5. The second kappa shape index (κ2) is 4.28. The fraction of sp³-hybridized carbons (Fsp3) is 0.308. The lowest BCUT2D eigenvalue weighted by Gasteiger charge is -2.08. The first-order valence-corrected chi connectivity index (χ1v) is 5.39. The van der Waals surface area contributed by atoms with E-state index in [2.05, 4.69) is 0 Å². The molecule has 0 unspecified atom stereocenters. The topological polar surface area (TPSA) is 20.3 Å². The highest BCUT2D eigenvalue weighted by atomic mass is 19.1. The van der Waals surface area contributed by atoms with Crippen LogP contribution in [0.2, 0.25) is 0 Å². The molecule has 0 spiro atoms. The van der Waals surface area contributed by atoms with Gasteiger partial charge in [-0.1, -0.05) is 0 Å². The van der Waals surface area contributed by atoms with Gasteiger partial charge in [-0.05, 0) is 35.6 Å². The summed E-state index contributed by atoms with van der Waals surface area (Å²) in [5.74, 6) is -1.30. The van der Waals surface area contributed by atoms with Crippen molar-refractivity contribution in [2.24, 2.45) is 0 Å². The molecular formula is C13H13F2NO. The predicted octanol–water partition coefficient (Wildman–Crippen LogP) is 2.38. The first-order chi connectivity index (χ1) is 7.99. The largest absolute Gasteiger partial charge is 0.345 e. The zero-order chi connectivity index (χ0) is 12.6. The summed E-state index contributed by atoms with van der Waals surface area (Å²) in [6.45, 7) is 0. The molecule has 1 aliphatic carbocycles. The summed E-state index contributed by atoms with van der Waals surface area (Å²) in [4.78, 5) is 13.0. The van der Waals surface area contributed by atoms with Crippen LogP contribution in [-0.4, -0.2) is 24.9 Å². The van der Waals surface area contributed by atoms with Crippen molar-refractivity contribution in [2.75, 3.05) is 14.1 Å². The van der Waals surface area contributed by atoms with E-state index in [1.165, 1.54) is 17.0 Å². The summed E-state index contributed by atoms with van der Waals surface area (Å²) in [5.41, 5.74) is 1.74. The van der Waals surface area contributed by atoms with Crippen molar-refractivity contribution in [3.63, 3.8) is 0 Å². The van der Waals surface area contributed by atoms with Crippen molar-refractivity contribution < 1.29 is 13.6 Å². The Labute approximate surface area is 98.5 Å². The molecule has 2 rings (SSSR count). The standard InChI is InChI=1S/C13H13F2NO/c1-16(2)13(17)5-8-3-4-10-11(8)6-9(14)7-12(10)15/h5-7H,3-4H2,1-2H3/b8-5+. The summed E-state index contributed by atoms with van der Waals surface area (Å²) in [6.07, 6.45) is 2.55. The van der Waals surface area contributed by atoms with Crippen LogP contribution in [0.5, 0.6) is 0 Å². The Bertz CT molecular complexity index is 506. The molecule has 0 saturated carbocycles. The number of likely N-dealkylation sites (N-methyl/N-ethyl adjacent to an activating group) is 1. The van der Waals surface area contributed by atoms with Crippen LogP contribution in [0.4, 0.5) is 8.78 Å². The van der Waals surface area contributed by atoms with Gasteiger partial charge in [-0.3, -0.25) is 4.79 Å². The number of hydrogen-bond acceptors (Lipinski definition) is 1. The number of hydrogen-bond donors (Lipinski definition) is 0. The van der Waals surface area contributed by atoms with E-state index in [0.29, 0.717) is 29.5 Å². The van der Waals surface area contributed by atoms with Gasteiger partial charge in [0.15, 0.2) is 0 Å². The third-order valence-electron chi connectivity index (χ3n) is 2.89. The highest BCUT2D eigenvalue weighted by molar-refractivity contribution is 5.96. The summed E-state index contributed by atoms with van der Waals surface area (Å²) < 4.78 is 26.6.